The van der Waals surface area contributed by atoms with E-state index < -0.39 is 6.10 Å². The normalized spacial score (nSPS) is 27.4. The lowest BCUT2D eigenvalue weighted by Gasteiger charge is -2.34. The first kappa shape index (κ1) is 10.7. The zero-order chi connectivity index (χ0) is 10.1. The van der Waals surface area contributed by atoms with Crippen LogP contribution in [0.5, 0.6) is 0 Å². The van der Waals surface area contributed by atoms with Crippen LogP contribution in [-0.2, 0) is 4.79 Å². The Hall–Kier alpha value is -0.370. The molecule has 76 valence electrons. The fourth-order valence-corrected chi connectivity index (χ4v) is 1.95. The number of carbonyl (C=O) groups excluding carboxylic acids is 1. The molecule has 13 heavy (non-hydrogen) atoms. The molecule has 0 radical (unpaired) electrons. The van der Waals surface area contributed by atoms with Gasteiger partial charge in [0.25, 0.3) is 0 Å². The quantitative estimate of drug-likeness (QED) is 0.678. The minimum atomic E-state index is -0.472. The SMILES string of the molecule is CC(C)(C)C(O)C1CCCCC1=O. The highest BCUT2D eigenvalue weighted by molar-refractivity contribution is 5.82. The maximum absolute atomic E-state index is 11.5. The van der Waals surface area contributed by atoms with E-state index in [4.69, 9.17) is 0 Å². The van der Waals surface area contributed by atoms with Gasteiger partial charge in [0.15, 0.2) is 0 Å². The highest BCUT2D eigenvalue weighted by Crippen LogP contribution is 2.32. The number of ketones is 1. The molecule has 0 bridgehead atoms. The molecular formula is C11H20O2. The number of carbonyl (C=O) groups is 1. The summed E-state index contributed by atoms with van der Waals surface area (Å²) in [5.74, 6) is 0.155. The van der Waals surface area contributed by atoms with Gasteiger partial charge in [0.05, 0.1) is 6.10 Å². The largest absolute Gasteiger partial charge is 0.392 e. The predicted molar refractivity (Wildman–Crippen MR) is 52.4 cm³/mol. The van der Waals surface area contributed by atoms with Gasteiger partial charge in [-0.25, -0.2) is 0 Å². The molecule has 1 N–H and O–H groups in total. The number of hydrogen-bond acceptors (Lipinski definition) is 2. The second-order valence-electron chi connectivity index (χ2n) is 5.13. The molecule has 0 spiro atoms. The van der Waals surface area contributed by atoms with Crippen LogP contribution in [0, 0.1) is 11.3 Å². The molecule has 0 saturated heterocycles. The summed E-state index contributed by atoms with van der Waals surface area (Å²) in [7, 11) is 0. The lowest BCUT2D eigenvalue weighted by molar-refractivity contribution is -0.131. The smallest absolute Gasteiger partial charge is 0.138 e. The van der Waals surface area contributed by atoms with E-state index in [0.717, 1.165) is 19.3 Å². The molecule has 2 nitrogen and oxygen atoms in total. The molecule has 1 rings (SSSR count). The van der Waals surface area contributed by atoms with Crippen LogP contribution >= 0.6 is 0 Å². The molecule has 0 aromatic rings. The van der Waals surface area contributed by atoms with Crippen LogP contribution in [0.15, 0.2) is 0 Å². The van der Waals surface area contributed by atoms with Gasteiger partial charge in [0.1, 0.15) is 5.78 Å². The molecule has 2 heteroatoms. The van der Waals surface area contributed by atoms with Crippen molar-refractivity contribution in [3.05, 3.63) is 0 Å². The minimum absolute atomic E-state index is 0.103. The summed E-state index contributed by atoms with van der Waals surface area (Å²) in [4.78, 5) is 11.5. The van der Waals surface area contributed by atoms with E-state index in [0.29, 0.717) is 6.42 Å². The van der Waals surface area contributed by atoms with Crippen molar-refractivity contribution in [3.63, 3.8) is 0 Å². The first-order chi connectivity index (χ1) is 5.93. The topological polar surface area (TPSA) is 37.3 Å². The summed E-state index contributed by atoms with van der Waals surface area (Å²) >= 11 is 0. The first-order valence-electron chi connectivity index (χ1n) is 5.13. The van der Waals surface area contributed by atoms with Crippen molar-refractivity contribution in [1.29, 1.82) is 0 Å². The van der Waals surface area contributed by atoms with Crippen LogP contribution in [0.3, 0.4) is 0 Å². The number of aliphatic hydroxyl groups is 1. The van der Waals surface area contributed by atoms with Crippen LogP contribution in [-0.4, -0.2) is 17.0 Å². The van der Waals surface area contributed by atoms with E-state index in [1.54, 1.807) is 0 Å². The monoisotopic (exact) mass is 184 g/mol. The van der Waals surface area contributed by atoms with E-state index >= 15 is 0 Å². The minimum Gasteiger partial charge on any atom is -0.392 e. The van der Waals surface area contributed by atoms with Crippen LogP contribution < -0.4 is 0 Å². The van der Waals surface area contributed by atoms with E-state index in [-0.39, 0.29) is 17.1 Å². The standard InChI is InChI=1S/C11H20O2/c1-11(2,3)10(13)8-6-4-5-7-9(8)12/h8,10,13H,4-7H2,1-3H3. The molecule has 0 amide bonds. The first-order valence-corrected chi connectivity index (χ1v) is 5.13. The molecule has 1 aliphatic carbocycles. The third kappa shape index (κ3) is 2.53. The Morgan fingerprint density at radius 3 is 2.46 bits per heavy atom. The molecule has 1 fully saturated rings. The Morgan fingerprint density at radius 1 is 1.38 bits per heavy atom. The second-order valence-corrected chi connectivity index (χ2v) is 5.13. The van der Waals surface area contributed by atoms with E-state index in [9.17, 15) is 9.90 Å². The Kier molecular flexibility index (Phi) is 3.12. The third-order valence-electron chi connectivity index (χ3n) is 2.87. The summed E-state index contributed by atoms with van der Waals surface area (Å²) in [6, 6.07) is 0. The molecule has 1 aliphatic rings. The van der Waals surface area contributed by atoms with Gasteiger partial charge in [-0.05, 0) is 18.3 Å². The number of aliphatic hydroxyl groups excluding tert-OH is 1. The van der Waals surface area contributed by atoms with Crippen molar-refractivity contribution >= 4 is 5.78 Å². The zero-order valence-electron chi connectivity index (χ0n) is 8.84. The van der Waals surface area contributed by atoms with Gasteiger partial charge in [-0.15, -0.1) is 0 Å². The fraction of sp³-hybridized carbons (Fsp3) is 0.909. The highest BCUT2D eigenvalue weighted by atomic mass is 16.3. The summed E-state index contributed by atoms with van der Waals surface area (Å²) in [6.07, 6.45) is 3.16. The summed E-state index contributed by atoms with van der Waals surface area (Å²) in [5, 5.41) is 9.96. The van der Waals surface area contributed by atoms with Crippen LogP contribution in [0.4, 0.5) is 0 Å². The average Bonchev–Trinajstić information content (AvgIpc) is 2.02. The van der Waals surface area contributed by atoms with Crippen molar-refractivity contribution in [2.75, 3.05) is 0 Å². The maximum Gasteiger partial charge on any atom is 0.138 e. The molecular weight excluding hydrogens is 164 g/mol. The summed E-state index contributed by atoms with van der Waals surface area (Å²) in [6.45, 7) is 5.96. The Bertz CT molecular complexity index is 191. The lowest BCUT2D eigenvalue weighted by atomic mass is 9.74. The van der Waals surface area contributed by atoms with Gasteiger partial charge in [0, 0.05) is 12.3 Å². The van der Waals surface area contributed by atoms with Gasteiger partial charge in [0.2, 0.25) is 0 Å². The van der Waals surface area contributed by atoms with Gasteiger partial charge in [-0.2, -0.15) is 0 Å². The van der Waals surface area contributed by atoms with Crippen molar-refractivity contribution in [1.82, 2.24) is 0 Å². The van der Waals surface area contributed by atoms with Crippen LogP contribution in [0.25, 0.3) is 0 Å². The Balaban J connectivity index is 2.64. The van der Waals surface area contributed by atoms with Crippen molar-refractivity contribution in [2.45, 2.75) is 52.6 Å². The third-order valence-corrected chi connectivity index (χ3v) is 2.87. The predicted octanol–water partition coefficient (Wildman–Crippen LogP) is 2.15. The Morgan fingerprint density at radius 2 is 2.00 bits per heavy atom. The van der Waals surface area contributed by atoms with E-state index in [1.807, 2.05) is 20.8 Å². The number of rotatable bonds is 1. The summed E-state index contributed by atoms with van der Waals surface area (Å²) < 4.78 is 0. The Labute approximate surface area is 80.3 Å². The maximum atomic E-state index is 11.5. The second kappa shape index (κ2) is 3.79. The van der Waals surface area contributed by atoms with Crippen LogP contribution in [0.1, 0.15) is 46.5 Å². The van der Waals surface area contributed by atoms with Crippen molar-refractivity contribution in [3.8, 4) is 0 Å². The molecule has 2 unspecified atom stereocenters. The molecule has 2 atom stereocenters. The zero-order valence-corrected chi connectivity index (χ0v) is 8.84. The van der Waals surface area contributed by atoms with Gasteiger partial charge in [-0.1, -0.05) is 27.2 Å². The average molecular weight is 184 g/mol. The number of Topliss-reactive ketones (excluding diaryl/α,β-unsaturated/α-hetero) is 1. The van der Waals surface area contributed by atoms with E-state index in [2.05, 4.69) is 0 Å². The van der Waals surface area contributed by atoms with Gasteiger partial charge in [-0.3, -0.25) is 4.79 Å². The van der Waals surface area contributed by atoms with Crippen molar-refractivity contribution in [2.24, 2.45) is 11.3 Å². The summed E-state index contributed by atoms with van der Waals surface area (Å²) in [5.41, 5.74) is -0.169. The molecule has 0 aliphatic heterocycles. The van der Waals surface area contributed by atoms with E-state index in [1.165, 1.54) is 0 Å². The lowest BCUT2D eigenvalue weighted by Crippen LogP contribution is -2.39. The molecule has 0 aromatic carbocycles. The molecule has 1 saturated carbocycles. The van der Waals surface area contributed by atoms with Crippen molar-refractivity contribution < 1.29 is 9.90 Å². The number of hydrogen-bond donors (Lipinski definition) is 1. The fourth-order valence-electron chi connectivity index (χ4n) is 1.95. The molecule has 0 aromatic heterocycles. The molecule has 0 heterocycles. The van der Waals surface area contributed by atoms with Gasteiger partial charge < -0.3 is 5.11 Å². The van der Waals surface area contributed by atoms with Crippen LogP contribution in [0.2, 0.25) is 0 Å². The van der Waals surface area contributed by atoms with Gasteiger partial charge >= 0.3 is 0 Å². The highest BCUT2D eigenvalue weighted by Gasteiger charge is 2.35.